The molecule has 0 aliphatic carbocycles. The SMILES string of the molecule is CC(C)c1cc([Si](C)(c2ccccc2)c2ccccc2)c[cH-]1.CC(C)c1cc([Si](C)(c2ccccc2)c2ccccc2)c[cH-]1.C[SiH]C.[Cl-].[Cl-].[Zr+4]. The van der Waals surface area contributed by atoms with Crippen LogP contribution in [0.5, 0.6) is 0 Å². The van der Waals surface area contributed by atoms with Gasteiger partial charge < -0.3 is 24.8 Å². The molecule has 0 spiro atoms. The maximum atomic E-state index is 2.47. The van der Waals surface area contributed by atoms with E-state index in [0.717, 1.165) is 9.52 Å². The molecule has 0 amide bonds. The van der Waals surface area contributed by atoms with E-state index in [0.29, 0.717) is 11.8 Å². The van der Waals surface area contributed by atoms with Crippen molar-refractivity contribution in [2.24, 2.45) is 0 Å². The monoisotopic (exact) mass is 825 g/mol. The van der Waals surface area contributed by atoms with Crippen LogP contribution < -0.4 is 55.9 Å². The molecule has 0 heterocycles. The molecule has 0 unspecified atom stereocenters. The van der Waals surface area contributed by atoms with E-state index in [1.165, 1.54) is 42.2 Å². The Labute approximate surface area is 339 Å². The van der Waals surface area contributed by atoms with Gasteiger partial charge in [-0.2, -0.15) is 45.8 Å². The Hall–Kier alpha value is -2.31. The molecule has 6 rings (SSSR count). The Balaban J connectivity index is 0.000000439. The second-order valence-electron chi connectivity index (χ2n) is 13.5. The van der Waals surface area contributed by atoms with Gasteiger partial charge in [0, 0.05) is 9.52 Å². The third-order valence-electron chi connectivity index (χ3n) is 9.45. The van der Waals surface area contributed by atoms with Crippen molar-refractivity contribution in [1.82, 2.24) is 0 Å². The van der Waals surface area contributed by atoms with E-state index in [1.807, 2.05) is 0 Å². The standard InChI is InChI=1S/2C21H23Si.C2H7Si.2ClH.Zr/c2*1-17(2)18-14-15-21(16-18)22(3,19-10-6-4-7-11-19)20-12-8-5-9-13-20;1-3-2;;;/h2*4-17H,1-3H3;3H,1-2H3;2*1H;/q2*-1;;;;+4/p-2. The second-order valence-corrected chi connectivity index (χ2v) is 22.6. The van der Waals surface area contributed by atoms with Gasteiger partial charge in [-0.1, -0.05) is 196 Å². The molecular weight excluding hydrogens is 775 g/mol. The van der Waals surface area contributed by atoms with Crippen molar-refractivity contribution < 1.29 is 51.0 Å². The van der Waals surface area contributed by atoms with Crippen molar-refractivity contribution in [1.29, 1.82) is 0 Å². The van der Waals surface area contributed by atoms with Gasteiger partial charge in [-0.3, -0.25) is 0 Å². The van der Waals surface area contributed by atoms with Gasteiger partial charge in [0.2, 0.25) is 0 Å². The zero-order valence-corrected chi connectivity index (χ0v) is 38.1. The van der Waals surface area contributed by atoms with Gasteiger partial charge in [0.1, 0.15) is 0 Å². The smallest absolute Gasteiger partial charge is 1.00 e. The fourth-order valence-corrected chi connectivity index (χ4v) is 13.5. The summed E-state index contributed by atoms with van der Waals surface area (Å²) in [5, 5.41) is 8.91. The molecule has 6 aromatic rings. The van der Waals surface area contributed by atoms with Crippen molar-refractivity contribution >= 4 is 56.8 Å². The minimum atomic E-state index is -1.90. The summed E-state index contributed by atoms with van der Waals surface area (Å²) in [7, 11) is -3.06. The summed E-state index contributed by atoms with van der Waals surface area (Å²) in [6.07, 6.45) is 0. The van der Waals surface area contributed by atoms with Crippen molar-refractivity contribution in [2.45, 2.75) is 65.7 Å². The van der Waals surface area contributed by atoms with Crippen molar-refractivity contribution in [3.05, 3.63) is 169 Å². The average molecular weight is 828 g/mol. The van der Waals surface area contributed by atoms with Crippen LogP contribution in [0, 0.1) is 0 Å². The molecule has 0 aliphatic heterocycles. The molecule has 6 heteroatoms. The minimum Gasteiger partial charge on any atom is -1.00 e. The van der Waals surface area contributed by atoms with E-state index in [4.69, 9.17) is 0 Å². The molecule has 0 saturated heterocycles. The number of halogens is 2. The molecule has 0 N–H and O–H groups in total. The van der Waals surface area contributed by atoms with Crippen LogP contribution in [0.15, 0.2) is 158 Å². The second kappa shape index (κ2) is 21.9. The maximum Gasteiger partial charge on any atom is 4.00 e. The first kappa shape index (κ1) is 45.7. The summed E-state index contributed by atoms with van der Waals surface area (Å²) in [4.78, 5) is 0. The number of hydrogen-bond donors (Lipinski definition) is 0. The summed E-state index contributed by atoms with van der Waals surface area (Å²) in [6, 6.07) is 58.2. The fourth-order valence-electron chi connectivity index (χ4n) is 6.35. The first-order valence-corrected chi connectivity index (χ1v) is 24.5. The average Bonchev–Trinajstić information content (AvgIpc) is 3.82. The molecule has 0 atom stereocenters. The van der Waals surface area contributed by atoms with Gasteiger partial charge in [-0.05, 0) is 11.8 Å². The van der Waals surface area contributed by atoms with Gasteiger partial charge in [0.05, 0.1) is 16.1 Å². The molecule has 1 radical (unpaired) electrons. The molecule has 0 saturated carbocycles. The van der Waals surface area contributed by atoms with Crippen LogP contribution in [0.2, 0.25) is 26.2 Å². The molecule has 6 aromatic carbocycles. The van der Waals surface area contributed by atoms with E-state index in [2.05, 4.69) is 212 Å². The van der Waals surface area contributed by atoms with Crippen LogP contribution in [0.3, 0.4) is 0 Å². The number of benzene rings is 4. The van der Waals surface area contributed by atoms with Gasteiger partial charge >= 0.3 is 26.2 Å². The van der Waals surface area contributed by atoms with Crippen molar-refractivity contribution in [3.63, 3.8) is 0 Å². The maximum absolute atomic E-state index is 2.47. The summed E-state index contributed by atoms with van der Waals surface area (Å²) in [5.74, 6) is 1.16. The van der Waals surface area contributed by atoms with E-state index in [1.54, 1.807) is 0 Å². The van der Waals surface area contributed by atoms with Crippen LogP contribution in [-0.4, -0.2) is 25.7 Å². The summed E-state index contributed by atoms with van der Waals surface area (Å²) in [5.41, 5.74) is 2.89. The van der Waals surface area contributed by atoms with Crippen molar-refractivity contribution in [3.8, 4) is 0 Å². The number of rotatable bonds is 8. The normalized spacial score (nSPS) is 10.8. The largest absolute Gasteiger partial charge is 4.00 e. The van der Waals surface area contributed by atoms with Gasteiger partial charge in [-0.25, -0.2) is 12.1 Å². The molecular formula is C44H53Cl2Si3Zr. The van der Waals surface area contributed by atoms with Crippen LogP contribution in [0.1, 0.15) is 50.7 Å². The summed E-state index contributed by atoms with van der Waals surface area (Å²) >= 11 is 0. The first-order chi connectivity index (χ1) is 22.7. The van der Waals surface area contributed by atoms with Gasteiger partial charge in [-0.15, -0.1) is 0 Å². The van der Waals surface area contributed by atoms with E-state index < -0.39 is 16.1 Å². The van der Waals surface area contributed by atoms with Gasteiger partial charge in [0.15, 0.2) is 0 Å². The number of hydrogen-bond acceptors (Lipinski definition) is 0. The van der Waals surface area contributed by atoms with Gasteiger partial charge in [0.25, 0.3) is 0 Å². The van der Waals surface area contributed by atoms with Crippen LogP contribution in [0.4, 0.5) is 0 Å². The van der Waals surface area contributed by atoms with E-state index in [9.17, 15) is 0 Å². The summed E-state index contributed by atoms with van der Waals surface area (Å²) in [6.45, 7) is 18.4. The minimum absolute atomic E-state index is 0. The van der Waals surface area contributed by atoms with Crippen molar-refractivity contribution in [2.75, 3.05) is 0 Å². The zero-order valence-electron chi connectivity index (χ0n) is 31.0. The van der Waals surface area contributed by atoms with Crippen LogP contribution in [0.25, 0.3) is 0 Å². The molecule has 0 nitrogen and oxygen atoms in total. The summed E-state index contributed by atoms with van der Waals surface area (Å²) < 4.78 is 0. The predicted molar refractivity (Wildman–Crippen MR) is 218 cm³/mol. The Morgan fingerprint density at radius 1 is 0.440 bits per heavy atom. The predicted octanol–water partition coefficient (Wildman–Crippen LogP) is 1.78. The first-order valence-electron chi connectivity index (χ1n) is 17.2. The Kier molecular flexibility index (Phi) is 20.0. The molecule has 50 heavy (non-hydrogen) atoms. The quantitative estimate of drug-likeness (QED) is 0.163. The molecule has 259 valence electrons. The Bertz CT molecular complexity index is 1540. The molecule has 0 aliphatic rings. The van der Waals surface area contributed by atoms with E-state index in [-0.39, 0.29) is 51.0 Å². The Morgan fingerprint density at radius 2 is 0.660 bits per heavy atom. The van der Waals surface area contributed by atoms with Crippen LogP contribution in [-0.2, 0) is 26.2 Å². The van der Waals surface area contributed by atoms with E-state index >= 15 is 0 Å². The third kappa shape index (κ3) is 10.9. The molecule has 0 bridgehead atoms. The fraction of sp³-hybridized carbons (Fsp3) is 0.227. The Morgan fingerprint density at radius 3 is 0.840 bits per heavy atom. The molecule has 0 aromatic heterocycles. The topological polar surface area (TPSA) is 0 Å². The third-order valence-corrected chi connectivity index (χ3v) is 18.3. The zero-order chi connectivity index (χ0) is 33.9. The molecule has 0 fully saturated rings. The van der Waals surface area contributed by atoms with Crippen LogP contribution >= 0.6 is 0 Å².